The van der Waals surface area contributed by atoms with Crippen LogP contribution in [0, 0.1) is 6.92 Å². The molecule has 1 fully saturated rings. The van der Waals surface area contributed by atoms with Gasteiger partial charge in [0.05, 0.1) is 18.8 Å². The molecule has 1 aliphatic rings. The van der Waals surface area contributed by atoms with E-state index < -0.39 is 11.6 Å². The minimum Gasteiger partial charge on any atom is -0.476 e. The van der Waals surface area contributed by atoms with Crippen molar-refractivity contribution >= 4 is 34.9 Å². The topological polar surface area (TPSA) is 156 Å². The van der Waals surface area contributed by atoms with Crippen LogP contribution in [0.2, 0.25) is 0 Å². The number of hydrogen-bond acceptors (Lipinski definition) is 10. The molecule has 1 aliphatic heterocycles. The van der Waals surface area contributed by atoms with Crippen LogP contribution < -0.4 is 16.0 Å². The normalized spacial score (nSPS) is 13.8. The Bertz CT molecular complexity index is 1670. The Hall–Kier alpha value is -4.85. The van der Waals surface area contributed by atoms with E-state index in [1.165, 1.54) is 17.1 Å². The summed E-state index contributed by atoms with van der Waals surface area (Å²) in [7, 11) is 1.63. The van der Waals surface area contributed by atoms with Crippen LogP contribution >= 0.6 is 0 Å². The summed E-state index contributed by atoms with van der Waals surface area (Å²) in [5, 5.41) is 23.5. The van der Waals surface area contributed by atoms with E-state index in [4.69, 9.17) is 9.47 Å². The summed E-state index contributed by atoms with van der Waals surface area (Å²) in [6, 6.07) is 15.9. The number of aromatic carboxylic acids is 1. The molecule has 13 nitrogen and oxygen atoms in total. The van der Waals surface area contributed by atoms with Crippen LogP contribution in [-0.2, 0) is 15.1 Å². The SMILES string of the molecule is COC(C)(C)c1cccc(C(=O)Nc2ccc(C)c(Nc3cc(C(=O)O)nn3-c3cc(NCCN4CCOCC4)ncn3)c2)c1. The smallest absolute Gasteiger partial charge is 0.356 e. The van der Waals surface area contributed by atoms with Crippen molar-refractivity contribution in [1.29, 1.82) is 0 Å². The van der Waals surface area contributed by atoms with Crippen molar-refractivity contribution in [1.82, 2.24) is 24.6 Å². The van der Waals surface area contributed by atoms with Gasteiger partial charge in [-0.1, -0.05) is 18.2 Å². The van der Waals surface area contributed by atoms with Crippen LogP contribution in [0.3, 0.4) is 0 Å². The third-order valence-electron chi connectivity index (χ3n) is 7.72. The number of carbonyl (C=O) groups excluding carboxylic acids is 1. The fourth-order valence-corrected chi connectivity index (χ4v) is 4.80. The summed E-state index contributed by atoms with van der Waals surface area (Å²) in [4.78, 5) is 36.0. The number of aryl methyl sites for hydroxylation is 1. The van der Waals surface area contributed by atoms with Gasteiger partial charge in [0.1, 0.15) is 18.0 Å². The zero-order chi connectivity index (χ0) is 32.0. The number of ether oxygens (including phenoxy) is 2. The highest BCUT2D eigenvalue weighted by molar-refractivity contribution is 6.04. The van der Waals surface area contributed by atoms with E-state index in [0.717, 1.165) is 44.0 Å². The van der Waals surface area contributed by atoms with Gasteiger partial charge in [-0.05, 0) is 56.2 Å². The molecule has 236 valence electrons. The highest BCUT2D eigenvalue weighted by Crippen LogP contribution is 2.28. The van der Waals surface area contributed by atoms with E-state index >= 15 is 0 Å². The van der Waals surface area contributed by atoms with E-state index in [0.29, 0.717) is 40.9 Å². The Kier molecular flexibility index (Phi) is 9.71. The number of methoxy groups -OCH3 is 1. The van der Waals surface area contributed by atoms with Crippen LogP contribution in [0.1, 0.15) is 45.8 Å². The number of amides is 1. The molecule has 0 saturated carbocycles. The van der Waals surface area contributed by atoms with Crippen molar-refractivity contribution in [2.75, 3.05) is 62.5 Å². The zero-order valence-corrected chi connectivity index (χ0v) is 25.8. The first-order chi connectivity index (χ1) is 21.6. The number of benzene rings is 2. The summed E-state index contributed by atoms with van der Waals surface area (Å²) in [5.74, 6) is -0.0931. The molecule has 0 aliphatic carbocycles. The van der Waals surface area contributed by atoms with E-state index in [1.54, 1.807) is 31.4 Å². The lowest BCUT2D eigenvalue weighted by Crippen LogP contribution is -2.39. The molecule has 4 aromatic rings. The van der Waals surface area contributed by atoms with Gasteiger partial charge in [0.25, 0.3) is 5.91 Å². The van der Waals surface area contributed by atoms with Crippen molar-refractivity contribution in [2.24, 2.45) is 0 Å². The summed E-state index contributed by atoms with van der Waals surface area (Å²) >= 11 is 0. The van der Waals surface area contributed by atoms with Crippen LogP contribution in [0.25, 0.3) is 5.82 Å². The molecular weight excluding hydrogens is 576 g/mol. The molecule has 0 bridgehead atoms. The van der Waals surface area contributed by atoms with Gasteiger partial charge in [-0.15, -0.1) is 0 Å². The molecule has 0 unspecified atom stereocenters. The third kappa shape index (κ3) is 7.81. The number of carboxylic acids is 1. The number of nitrogens with zero attached hydrogens (tertiary/aromatic N) is 5. The van der Waals surface area contributed by atoms with Gasteiger partial charge in [-0.2, -0.15) is 9.78 Å². The molecule has 0 radical (unpaired) electrons. The maximum Gasteiger partial charge on any atom is 0.356 e. The van der Waals surface area contributed by atoms with Crippen molar-refractivity contribution in [2.45, 2.75) is 26.4 Å². The van der Waals surface area contributed by atoms with Crippen molar-refractivity contribution in [3.63, 3.8) is 0 Å². The quantitative estimate of drug-likeness (QED) is 0.181. The van der Waals surface area contributed by atoms with Gasteiger partial charge in [0.15, 0.2) is 11.5 Å². The van der Waals surface area contributed by atoms with Crippen LogP contribution in [0.5, 0.6) is 0 Å². The summed E-state index contributed by atoms with van der Waals surface area (Å²) < 4.78 is 12.4. The first kappa shape index (κ1) is 31.6. The van der Waals surface area contributed by atoms with Gasteiger partial charge >= 0.3 is 5.97 Å². The first-order valence-electron chi connectivity index (χ1n) is 14.7. The van der Waals surface area contributed by atoms with Crippen LogP contribution in [-0.4, -0.2) is 88.1 Å². The molecule has 5 rings (SSSR count). The Morgan fingerprint density at radius 1 is 1.07 bits per heavy atom. The Labute approximate surface area is 261 Å². The second kappa shape index (κ2) is 13.8. The molecule has 45 heavy (non-hydrogen) atoms. The number of carbonyl (C=O) groups is 2. The molecule has 2 aromatic heterocycles. The van der Waals surface area contributed by atoms with Gasteiger partial charge in [0, 0.05) is 62.4 Å². The number of morpholine rings is 1. The number of aromatic nitrogens is 4. The maximum absolute atomic E-state index is 13.2. The Morgan fingerprint density at radius 3 is 2.62 bits per heavy atom. The number of anilines is 4. The summed E-state index contributed by atoms with van der Waals surface area (Å²) in [6.45, 7) is 10.5. The molecule has 1 amide bonds. The van der Waals surface area contributed by atoms with Crippen molar-refractivity contribution < 1.29 is 24.2 Å². The fraction of sp³-hybridized carbons (Fsp3) is 0.344. The average molecular weight is 615 g/mol. The predicted octanol–water partition coefficient (Wildman–Crippen LogP) is 4.29. The lowest BCUT2D eigenvalue weighted by atomic mass is 9.96. The van der Waals surface area contributed by atoms with Gasteiger partial charge in [-0.25, -0.2) is 14.8 Å². The highest BCUT2D eigenvalue weighted by atomic mass is 16.5. The van der Waals surface area contributed by atoms with Crippen molar-refractivity contribution in [3.05, 3.63) is 83.3 Å². The largest absolute Gasteiger partial charge is 0.476 e. The minimum atomic E-state index is -1.17. The molecule has 0 spiro atoms. The molecule has 1 saturated heterocycles. The molecule has 3 heterocycles. The minimum absolute atomic E-state index is 0.154. The van der Waals surface area contributed by atoms with E-state index in [-0.39, 0.29) is 11.6 Å². The van der Waals surface area contributed by atoms with Crippen LogP contribution in [0.4, 0.5) is 23.0 Å². The number of hydrogen-bond donors (Lipinski definition) is 4. The molecular formula is C32H38N8O5. The van der Waals surface area contributed by atoms with E-state index in [2.05, 4.69) is 35.9 Å². The highest BCUT2D eigenvalue weighted by Gasteiger charge is 2.21. The summed E-state index contributed by atoms with van der Waals surface area (Å²) in [5.41, 5.74) is 2.76. The second-order valence-electron chi connectivity index (χ2n) is 11.2. The number of rotatable bonds is 12. The maximum atomic E-state index is 13.2. The monoisotopic (exact) mass is 614 g/mol. The second-order valence-corrected chi connectivity index (χ2v) is 11.2. The predicted molar refractivity (Wildman–Crippen MR) is 171 cm³/mol. The Morgan fingerprint density at radius 2 is 1.87 bits per heavy atom. The molecule has 13 heteroatoms. The van der Waals surface area contributed by atoms with E-state index in [1.807, 2.05) is 45.0 Å². The van der Waals surface area contributed by atoms with Gasteiger partial charge < -0.3 is 30.5 Å². The van der Waals surface area contributed by atoms with E-state index in [9.17, 15) is 14.7 Å². The van der Waals surface area contributed by atoms with Crippen molar-refractivity contribution in [3.8, 4) is 5.82 Å². The zero-order valence-electron chi connectivity index (χ0n) is 25.8. The van der Waals surface area contributed by atoms with Crippen LogP contribution in [0.15, 0.2) is 60.9 Å². The molecule has 2 aromatic carbocycles. The fourth-order valence-electron chi connectivity index (χ4n) is 4.80. The standard InChI is InChI=1S/C32H38N8O5/c1-21-8-9-24(36-30(41)22-6-5-7-23(16-22)32(2,3)44-4)17-25(21)37-29-18-26(31(42)43)38-40(29)28-19-27(34-20-35-28)33-10-11-39-12-14-45-15-13-39/h5-9,16-20,37H,10-15H2,1-4H3,(H,36,41)(H,42,43)(H,33,34,35). The van der Waals surface area contributed by atoms with Gasteiger partial charge in [0.2, 0.25) is 0 Å². The number of carboxylic acid groups (broad SMARTS) is 1. The van der Waals surface area contributed by atoms with Gasteiger partial charge in [-0.3, -0.25) is 9.69 Å². The number of nitrogens with one attached hydrogen (secondary N) is 3. The summed E-state index contributed by atoms with van der Waals surface area (Å²) in [6.07, 6.45) is 1.41. The lowest BCUT2D eigenvalue weighted by Gasteiger charge is -2.26. The molecule has 0 atom stereocenters. The first-order valence-corrected chi connectivity index (χ1v) is 14.7. The Balaban J connectivity index is 1.34. The molecule has 4 N–H and O–H groups in total. The average Bonchev–Trinajstić information content (AvgIpc) is 3.47. The third-order valence-corrected chi connectivity index (χ3v) is 7.72. The lowest BCUT2D eigenvalue weighted by molar-refractivity contribution is 0.0192.